The van der Waals surface area contributed by atoms with E-state index < -0.39 is 0 Å². The van der Waals surface area contributed by atoms with E-state index in [-0.39, 0.29) is 0 Å². The van der Waals surface area contributed by atoms with Gasteiger partial charge in [-0.2, -0.15) is 0 Å². The molecule has 0 amide bonds. The normalized spacial score (nSPS) is 11.1. The first-order valence-corrected chi connectivity index (χ1v) is 4.80. The molecule has 0 N–H and O–H groups in total. The number of hydrogen-bond acceptors (Lipinski definition) is 3. The van der Waals surface area contributed by atoms with Crippen LogP contribution in [-0.4, -0.2) is 18.2 Å². The third kappa shape index (κ3) is 2.07. The molecule has 0 atom stereocenters. The number of benzene rings is 1. The third-order valence-corrected chi connectivity index (χ3v) is 2.20. The summed E-state index contributed by atoms with van der Waals surface area (Å²) in [5.74, 6) is 0.706. The van der Waals surface area contributed by atoms with Gasteiger partial charge in [-0.15, -0.1) is 0 Å². The highest BCUT2D eigenvalue weighted by molar-refractivity contribution is 6.30. The molecule has 0 fully saturated rings. The van der Waals surface area contributed by atoms with Crippen molar-refractivity contribution in [1.29, 1.82) is 0 Å². The number of nitrogens with zero attached hydrogens (tertiary/aromatic N) is 2. The minimum atomic E-state index is 0.698. The molecule has 0 aliphatic carbocycles. The molecule has 15 heavy (non-hydrogen) atoms. The summed E-state index contributed by atoms with van der Waals surface area (Å²) < 4.78 is 5.30. The van der Waals surface area contributed by atoms with Gasteiger partial charge in [-0.05, 0) is 24.3 Å². The standard InChI is InChI=1S/C11H9ClN2O/c1-13-6-10-11(15-7-14-10)8-2-4-9(12)5-3-8/h2-7H,1H3. The first-order valence-electron chi connectivity index (χ1n) is 4.43. The van der Waals surface area contributed by atoms with E-state index >= 15 is 0 Å². The number of halogens is 1. The number of aromatic nitrogens is 1. The van der Waals surface area contributed by atoms with Crippen LogP contribution in [0.4, 0.5) is 0 Å². The van der Waals surface area contributed by atoms with Gasteiger partial charge in [0, 0.05) is 17.6 Å². The summed E-state index contributed by atoms with van der Waals surface area (Å²) in [6, 6.07) is 7.39. The average molecular weight is 221 g/mol. The molecule has 76 valence electrons. The lowest BCUT2D eigenvalue weighted by Crippen LogP contribution is -1.84. The zero-order valence-electron chi connectivity index (χ0n) is 8.14. The van der Waals surface area contributed by atoms with E-state index in [1.54, 1.807) is 13.3 Å². The summed E-state index contributed by atoms with van der Waals surface area (Å²) >= 11 is 5.80. The van der Waals surface area contributed by atoms with Crippen molar-refractivity contribution in [3.05, 3.63) is 41.4 Å². The van der Waals surface area contributed by atoms with Gasteiger partial charge in [-0.1, -0.05) is 11.6 Å². The van der Waals surface area contributed by atoms with Crippen molar-refractivity contribution in [2.75, 3.05) is 7.05 Å². The molecule has 0 unspecified atom stereocenters. The lowest BCUT2D eigenvalue weighted by atomic mass is 10.1. The second-order valence-corrected chi connectivity index (χ2v) is 3.40. The maximum Gasteiger partial charge on any atom is 0.182 e. The molecule has 2 aromatic rings. The van der Waals surface area contributed by atoms with Crippen LogP contribution in [0.5, 0.6) is 0 Å². The number of aliphatic imine (C=N–C) groups is 1. The summed E-state index contributed by atoms with van der Waals surface area (Å²) in [5.41, 5.74) is 1.66. The Hall–Kier alpha value is -1.61. The van der Waals surface area contributed by atoms with Gasteiger partial charge in [0.15, 0.2) is 12.2 Å². The molecule has 0 bridgehead atoms. The molecule has 1 aromatic heterocycles. The molecule has 0 radical (unpaired) electrons. The van der Waals surface area contributed by atoms with E-state index in [0.29, 0.717) is 10.8 Å². The van der Waals surface area contributed by atoms with Crippen molar-refractivity contribution < 1.29 is 4.42 Å². The van der Waals surface area contributed by atoms with E-state index in [1.165, 1.54) is 6.39 Å². The van der Waals surface area contributed by atoms with Crippen LogP contribution in [0, 0.1) is 0 Å². The zero-order chi connectivity index (χ0) is 10.7. The SMILES string of the molecule is CN=Cc1ncoc1-c1ccc(Cl)cc1. The van der Waals surface area contributed by atoms with Crippen LogP contribution in [0.15, 0.2) is 40.1 Å². The second kappa shape index (κ2) is 4.28. The molecule has 1 heterocycles. The smallest absolute Gasteiger partial charge is 0.182 e. The molecular formula is C11H9ClN2O. The number of rotatable bonds is 2. The fourth-order valence-corrected chi connectivity index (χ4v) is 1.41. The highest BCUT2D eigenvalue weighted by Gasteiger charge is 2.07. The van der Waals surface area contributed by atoms with E-state index in [0.717, 1.165) is 11.3 Å². The maximum atomic E-state index is 5.80. The molecule has 0 spiro atoms. The quantitative estimate of drug-likeness (QED) is 0.730. The van der Waals surface area contributed by atoms with Crippen LogP contribution in [0.3, 0.4) is 0 Å². The summed E-state index contributed by atoms with van der Waals surface area (Å²) in [6.07, 6.45) is 3.06. The zero-order valence-corrected chi connectivity index (χ0v) is 8.90. The Morgan fingerprint density at radius 1 is 1.33 bits per heavy atom. The Bertz CT molecular complexity index is 474. The van der Waals surface area contributed by atoms with Crippen LogP contribution in [-0.2, 0) is 0 Å². The summed E-state index contributed by atoms with van der Waals surface area (Å²) in [5, 5.41) is 0.698. The largest absolute Gasteiger partial charge is 0.443 e. The molecule has 3 nitrogen and oxygen atoms in total. The number of hydrogen-bond donors (Lipinski definition) is 0. The molecule has 0 aliphatic rings. The predicted octanol–water partition coefficient (Wildman–Crippen LogP) is 3.04. The second-order valence-electron chi connectivity index (χ2n) is 2.96. The fraction of sp³-hybridized carbons (Fsp3) is 0.0909. The Balaban J connectivity index is 2.44. The van der Waals surface area contributed by atoms with Gasteiger partial charge >= 0.3 is 0 Å². The first-order chi connectivity index (χ1) is 7.31. The minimum Gasteiger partial charge on any atom is -0.443 e. The van der Waals surface area contributed by atoms with Crippen LogP contribution in [0.25, 0.3) is 11.3 Å². The molecular weight excluding hydrogens is 212 g/mol. The van der Waals surface area contributed by atoms with E-state index in [2.05, 4.69) is 9.98 Å². The molecule has 1 aromatic carbocycles. The van der Waals surface area contributed by atoms with Crippen molar-refractivity contribution in [3.8, 4) is 11.3 Å². The van der Waals surface area contributed by atoms with Gasteiger partial charge in [0.25, 0.3) is 0 Å². The van der Waals surface area contributed by atoms with Gasteiger partial charge in [0.1, 0.15) is 5.69 Å². The third-order valence-electron chi connectivity index (χ3n) is 1.95. The average Bonchev–Trinajstić information content (AvgIpc) is 2.68. The Labute approximate surface area is 92.4 Å². The van der Waals surface area contributed by atoms with Crippen LogP contribution < -0.4 is 0 Å². The molecule has 4 heteroatoms. The lowest BCUT2D eigenvalue weighted by molar-refractivity contribution is 0.572. The van der Waals surface area contributed by atoms with E-state index in [1.807, 2.05) is 24.3 Å². The summed E-state index contributed by atoms with van der Waals surface area (Å²) in [6.45, 7) is 0. The van der Waals surface area contributed by atoms with Gasteiger partial charge in [0.05, 0.1) is 6.21 Å². The Morgan fingerprint density at radius 3 is 2.73 bits per heavy atom. The van der Waals surface area contributed by atoms with Gasteiger partial charge in [-0.3, -0.25) is 4.99 Å². The van der Waals surface area contributed by atoms with E-state index in [9.17, 15) is 0 Å². The molecule has 0 saturated heterocycles. The Kier molecular flexibility index (Phi) is 2.83. The first kappa shape index (κ1) is 9.93. The van der Waals surface area contributed by atoms with Crippen molar-refractivity contribution >= 4 is 17.8 Å². The summed E-state index contributed by atoms with van der Waals surface area (Å²) in [7, 11) is 1.69. The molecule has 0 aliphatic heterocycles. The highest BCUT2D eigenvalue weighted by atomic mass is 35.5. The minimum absolute atomic E-state index is 0.698. The Morgan fingerprint density at radius 2 is 2.07 bits per heavy atom. The van der Waals surface area contributed by atoms with Crippen LogP contribution in [0.2, 0.25) is 5.02 Å². The highest BCUT2D eigenvalue weighted by Crippen LogP contribution is 2.23. The van der Waals surface area contributed by atoms with Gasteiger partial charge < -0.3 is 4.42 Å². The van der Waals surface area contributed by atoms with Crippen molar-refractivity contribution in [2.45, 2.75) is 0 Å². The summed E-state index contributed by atoms with van der Waals surface area (Å²) in [4.78, 5) is 7.96. The van der Waals surface area contributed by atoms with Gasteiger partial charge in [-0.25, -0.2) is 4.98 Å². The molecule has 0 saturated carbocycles. The topological polar surface area (TPSA) is 38.4 Å². The van der Waals surface area contributed by atoms with E-state index in [4.69, 9.17) is 16.0 Å². The molecule has 2 rings (SSSR count). The van der Waals surface area contributed by atoms with Crippen molar-refractivity contribution in [1.82, 2.24) is 4.98 Å². The number of oxazole rings is 1. The fourth-order valence-electron chi connectivity index (χ4n) is 1.29. The monoisotopic (exact) mass is 220 g/mol. The van der Waals surface area contributed by atoms with Crippen molar-refractivity contribution in [3.63, 3.8) is 0 Å². The van der Waals surface area contributed by atoms with Crippen LogP contribution in [0.1, 0.15) is 5.69 Å². The predicted molar refractivity (Wildman–Crippen MR) is 60.5 cm³/mol. The maximum absolute atomic E-state index is 5.80. The van der Waals surface area contributed by atoms with Crippen LogP contribution >= 0.6 is 11.6 Å². The lowest BCUT2D eigenvalue weighted by Gasteiger charge is -1.97. The van der Waals surface area contributed by atoms with Gasteiger partial charge in [0.2, 0.25) is 0 Å². The van der Waals surface area contributed by atoms with Crippen molar-refractivity contribution in [2.24, 2.45) is 4.99 Å².